The van der Waals surface area contributed by atoms with Gasteiger partial charge in [0.05, 0.1) is 19.8 Å². The highest BCUT2D eigenvalue weighted by Crippen LogP contribution is 2.13. The van der Waals surface area contributed by atoms with Gasteiger partial charge in [-0.25, -0.2) is 9.59 Å². The minimum absolute atomic E-state index is 0.125. The molecule has 9 heteroatoms. The molecule has 0 aromatic heterocycles. The van der Waals surface area contributed by atoms with Gasteiger partial charge in [0.25, 0.3) is 0 Å². The van der Waals surface area contributed by atoms with Crippen LogP contribution in [0.3, 0.4) is 0 Å². The van der Waals surface area contributed by atoms with Gasteiger partial charge in [0.1, 0.15) is 0 Å². The molecule has 0 aliphatic carbocycles. The van der Waals surface area contributed by atoms with Crippen molar-refractivity contribution >= 4 is 26.5 Å². The van der Waals surface area contributed by atoms with E-state index in [1.807, 2.05) is 6.55 Å². The van der Waals surface area contributed by atoms with Crippen LogP contribution in [0.25, 0.3) is 0 Å². The maximum Gasteiger partial charge on any atom is 0.334 e. The molecule has 0 heterocycles. The zero-order chi connectivity index (χ0) is 25.4. The van der Waals surface area contributed by atoms with Crippen LogP contribution in [-0.4, -0.2) is 60.5 Å². The van der Waals surface area contributed by atoms with E-state index in [4.69, 9.17) is 23.1 Å². The molecule has 0 amide bonds. The van der Waals surface area contributed by atoms with Crippen LogP contribution in [-0.2, 0) is 37.4 Å². The summed E-state index contributed by atoms with van der Waals surface area (Å²) < 4.78 is 25.3. The smallest absolute Gasteiger partial charge is 0.334 e. The summed E-state index contributed by atoms with van der Waals surface area (Å²) in [5.74, 6) is -0.924. The molecule has 33 heavy (non-hydrogen) atoms. The SMILES string of the molecule is C=CC(=O)OCCCCOC(=O)CCCCCCC.C=CC(=O)OCCC[Si](C)(OC)OC. The fourth-order valence-corrected chi connectivity index (χ4v) is 3.84. The molecule has 0 rings (SSSR count). The molecule has 0 aliphatic heterocycles. The molecule has 192 valence electrons. The predicted octanol–water partition coefficient (Wildman–Crippen LogP) is 4.87. The highest BCUT2D eigenvalue weighted by molar-refractivity contribution is 6.65. The van der Waals surface area contributed by atoms with Crippen LogP contribution in [0, 0.1) is 0 Å². The monoisotopic (exact) mass is 488 g/mol. The molecule has 0 fully saturated rings. The summed E-state index contributed by atoms with van der Waals surface area (Å²) in [5.41, 5.74) is 0. The van der Waals surface area contributed by atoms with Gasteiger partial charge in [0, 0.05) is 32.8 Å². The van der Waals surface area contributed by atoms with Crippen LogP contribution in [0.4, 0.5) is 0 Å². The van der Waals surface area contributed by atoms with Crippen LogP contribution in [0.2, 0.25) is 12.6 Å². The Balaban J connectivity index is 0. The van der Waals surface area contributed by atoms with Crippen LogP contribution in [0.5, 0.6) is 0 Å². The third-order valence-electron chi connectivity index (χ3n) is 4.75. The Morgan fingerprint density at radius 3 is 1.70 bits per heavy atom. The van der Waals surface area contributed by atoms with Gasteiger partial charge < -0.3 is 23.1 Å². The van der Waals surface area contributed by atoms with E-state index in [0.29, 0.717) is 39.1 Å². The topological polar surface area (TPSA) is 97.4 Å². The zero-order valence-electron chi connectivity index (χ0n) is 21.0. The first kappa shape index (κ1) is 33.2. The molecule has 0 N–H and O–H groups in total. The minimum atomic E-state index is -2.00. The van der Waals surface area contributed by atoms with Crippen molar-refractivity contribution in [3.8, 4) is 0 Å². The minimum Gasteiger partial charge on any atom is -0.466 e. The quantitative estimate of drug-likeness (QED) is 0.0835. The molecular formula is C24H44O8Si. The molecule has 0 aromatic carbocycles. The summed E-state index contributed by atoms with van der Waals surface area (Å²) in [7, 11) is 1.29. The second-order valence-electron chi connectivity index (χ2n) is 7.48. The van der Waals surface area contributed by atoms with Crippen molar-refractivity contribution in [2.45, 2.75) is 77.3 Å². The van der Waals surface area contributed by atoms with E-state index >= 15 is 0 Å². The molecule has 8 nitrogen and oxygen atoms in total. The Kier molecular flexibility index (Phi) is 23.3. The van der Waals surface area contributed by atoms with Gasteiger partial charge in [0.2, 0.25) is 0 Å². The van der Waals surface area contributed by atoms with Crippen LogP contribution in [0.1, 0.15) is 64.7 Å². The largest absolute Gasteiger partial charge is 0.466 e. The second kappa shape index (κ2) is 23.2. The van der Waals surface area contributed by atoms with Crippen molar-refractivity contribution in [1.29, 1.82) is 0 Å². The third-order valence-corrected chi connectivity index (χ3v) is 7.74. The summed E-state index contributed by atoms with van der Waals surface area (Å²) in [6.45, 7) is 11.9. The second-order valence-corrected chi connectivity index (χ2v) is 11.1. The lowest BCUT2D eigenvalue weighted by Gasteiger charge is -2.22. The Labute approximate surface area is 200 Å². The summed E-state index contributed by atoms with van der Waals surface area (Å²) in [5, 5.41) is 0. The highest BCUT2D eigenvalue weighted by atomic mass is 28.4. The maximum atomic E-state index is 11.3. The number of esters is 3. The number of ether oxygens (including phenoxy) is 3. The first-order valence-corrected chi connectivity index (χ1v) is 14.1. The summed E-state index contributed by atoms with van der Waals surface area (Å²) in [4.78, 5) is 32.7. The molecule has 0 aromatic rings. The number of hydrogen-bond acceptors (Lipinski definition) is 8. The fourth-order valence-electron chi connectivity index (χ4n) is 2.48. The molecule has 0 saturated carbocycles. The maximum absolute atomic E-state index is 11.3. The fraction of sp³-hybridized carbons (Fsp3) is 0.708. The van der Waals surface area contributed by atoms with Gasteiger partial charge in [-0.3, -0.25) is 4.79 Å². The van der Waals surface area contributed by atoms with Crippen LogP contribution in [0.15, 0.2) is 25.3 Å². The number of carbonyl (C=O) groups excluding carboxylic acids is 3. The lowest BCUT2D eigenvalue weighted by atomic mass is 10.1. The van der Waals surface area contributed by atoms with E-state index in [9.17, 15) is 14.4 Å². The van der Waals surface area contributed by atoms with Gasteiger partial charge in [0.15, 0.2) is 0 Å². The van der Waals surface area contributed by atoms with Crippen molar-refractivity contribution in [2.24, 2.45) is 0 Å². The van der Waals surface area contributed by atoms with Crippen LogP contribution >= 0.6 is 0 Å². The van der Waals surface area contributed by atoms with Crippen LogP contribution < -0.4 is 0 Å². The van der Waals surface area contributed by atoms with Crippen molar-refractivity contribution in [1.82, 2.24) is 0 Å². The molecule has 0 bridgehead atoms. The highest BCUT2D eigenvalue weighted by Gasteiger charge is 2.27. The molecule has 0 atom stereocenters. The summed E-state index contributed by atoms with van der Waals surface area (Å²) in [6, 6.07) is 0.810. The van der Waals surface area contributed by atoms with Gasteiger partial charge in [-0.1, -0.05) is 45.8 Å². The van der Waals surface area contributed by atoms with Crippen molar-refractivity contribution in [3.05, 3.63) is 25.3 Å². The van der Waals surface area contributed by atoms with E-state index in [1.54, 1.807) is 14.2 Å². The Morgan fingerprint density at radius 1 is 0.727 bits per heavy atom. The zero-order valence-corrected chi connectivity index (χ0v) is 22.0. The molecular weight excluding hydrogens is 444 g/mol. The standard InChI is InChI=1S/C15H26O4.C9H18O4Si/c1-3-5-6-7-8-11-15(17)19-13-10-9-12-18-14(16)4-2;1-5-9(10)13-7-6-8-14(4,11-2)12-3/h4H,2-3,5-13H2,1H3;5H,1,6-8H2,2-4H3. The van der Waals surface area contributed by atoms with Gasteiger partial charge in [-0.2, -0.15) is 0 Å². The van der Waals surface area contributed by atoms with Crippen molar-refractivity contribution in [3.63, 3.8) is 0 Å². The predicted molar refractivity (Wildman–Crippen MR) is 131 cm³/mol. The number of rotatable bonds is 19. The molecule has 0 spiro atoms. The summed E-state index contributed by atoms with van der Waals surface area (Å²) in [6.07, 6.45) is 10.6. The van der Waals surface area contributed by atoms with E-state index < -0.39 is 14.5 Å². The molecule has 0 aliphatic rings. The van der Waals surface area contributed by atoms with E-state index in [0.717, 1.165) is 37.5 Å². The molecule has 0 saturated heterocycles. The van der Waals surface area contributed by atoms with E-state index in [1.165, 1.54) is 19.3 Å². The molecule has 0 unspecified atom stereocenters. The first-order chi connectivity index (χ1) is 15.8. The number of hydrogen-bond donors (Lipinski definition) is 0. The summed E-state index contributed by atoms with van der Waals surface area (Å²) >= 11 is 0. The van der Waals surface area contributed by atoms with Crippen molar-refractivity contribution in [2.75, 3.05) is 34.0 Å². The average Bonchev–Trinajstić information content (AvgIpc) is 2.83. The van der Waals surface area contributed by atoms with Gasteiger partial charge >= 0.3 is 26.5 Å². The Bertz CT molecular complexity index is 547. The molecule has 0 radical (unpaired) electrons. The van der Waals surface area contributed by atoms with Gasteiger partial charge in [-0.05, 0) is 38.3 Å². The lowest BCUT2D eigenvalue weighted by Crippen LogP contribution is -2.36. The number of carbonyl (C=O) groups is 3. The average molecular weight is 489 g/mol. The lowest BCUT2D eigenvalue weighted by molar-refractivity contribution is -0.144. The van der Waals surface area contributed by atoms with E-state index in [-0.39, 0.29) is 11.9 Å². The third kappa shape index (κ3) is 23.0. The number of unbranched alkanes of at least 4 members (excludes halogenated alkanes) is 5. The Hall–Kier alpha value is -1.97. The Morgan fingerprint density at radius 2 is 1.21 bits per heavy atom. The van der Waals surface area contributed by atoms with Gasteiger partial charge in [-0.15, -0.1) is 0 Å². The van der Waals surface area contributed by atoms with Crippen molar-refractivity contribution < 1.29 is 37.4 Å². The first-order valence-electron chi connectivity index (χ1n) is 11.6. The normalized spacial score (nSPS) is 10.4. The van der Waals surface area contributed by atoms with E-state index in [2.05, 4.69) is 20.1 Å².